The summed E-state index contributed by atoms with van der Waals surface area (Å²) in [5.41, 5.74) is 4.57. The van der Waals surface area contributed by atoms with Gasteiger partial charge in [-0.15, -0.1) is 0 Å². The number of carbonyl (C=O) groups excluding carboxylic acids is 2. The number of aliphatic imine (C=N–C) groups is 1. The number of nitrogens with zero attached hydrogens (tertiary/aromatic N) is 1. The summed E-state index contributed by atoms with van der Waals surface area (Å²) < 4.78 is 5.63. The lowest BCUT2D eigenvalue weighted by Crippen LogP contribution is -2.20. The van der Waals surface area contributed by atoms with Crippen molar-refractivity contribution in [2.45, 2.75) is 13.8 Å². The first-order chi connectivity index (χ1) is 15.9. The molecule has 1 heterocycles. The van der Waals surface area contributed by atoms with E-state index < -0.39 is 0 Å². The molecule has 33 heavy (non-hydrogen) atoms. The molecule has 0 bridgehead atoms. The lowest BCUT2D eigenvalue weighted by molar-refractivity contribution is -0.118. The summed E-state index contributed by atoms with van der Waals surface area (Å²) in [6, 6.07) is 22.6. The Balaban J connectivity index is 1.38. The number of hydrogen-bond acceptors (Lipinski definition) is 5. The van der Waals surface area contributed by atoms with Crippen molar-refractivity contribution >= 4 is 46.2 Å². The molecule has 0 unspecified atom stereocenters. The maximum absolute atomic E-state index is 12.4. The quantitative estimate of drug-likeness (QED) is 0.498. The summed E-state index contributed by atoms with van der Waals surface area (Å²) in [5.74, 6) is 0.0975. The van der Waals surface area contributed by atoms with Crippen LogP contribution in [0.25, 0.3) is 6.08 Å². The highest BCUT2D eigenvalue weighted by molar-refractivity contribution is 8.18. The number of hydrogen-bond donors (Lipinski definition) is 2. The number of amides is 2. The average Bonchev–Trinajstić information content (AvgIpc) is 3.14. The van der Waals surface area contributed by atoms with Gasteiger partial charge in [0.1, 0.15) is 5.75 Å². The third kappa shape index (κ3) is 6.33. The zero-order valence-electron chi connectivity index (χ0n) is 18.3. The fourth-order valence-electron chi connectivity index (χ4n) is 3.05. The molecule has 0 radical (unpaired) electrons. The first kappa shape index (κ1) is 22.4. The van der Waals surface area contributed by atoms with Gasteiger partial charge in [0.15, 0.2) is 11.8 Å². The van der Waals surface area contributed by atoms with Crippen LogP contribution in [-0.2, 0) is 9.59 Å². The summed E-state index contributed by atoms with van der Waals surface area (Å²) >= 11 is 1.28. The molecule has 3 aromatic rings. The summed E-state index contributed by atoms with van der Waals surface area (Å²) in [7, 11) is 0. The van der Waals surface area contributed by atoms with E-state index in [0.29, 0.717) is 15.8 Å². The molecule has 0 saturated carbocycles. The Morgan fingerprint density at radius 2 is 1.73 bits per heavy atom. The Morgan fingerprint density at radius 3 is 2.45 bits per heavy atom. The standard InChI is InChI=1S/C26H23N3O3S/c1-17-6-10-20(11-7-17)27-24(30)16-32-22-5-3-4-19(14-22)15-23-25(31)29-26(33-23)28-21-12-8-18(2)9-13-21/h3-15H,16H2,1-2H3,(H,27,30)(H,28,29,31)/b23-15-. The number of rotatable bonds is 6. The highest BCUT2D eigenvalue weighted by Gasteiger charge is 2.23. The maximum atomic E-state index is 12.4. The summed E-state index contributed by atoms with van der Waals surface area (Å²) in [5, 5.41) is 6.13. The Hall–Kier alpha value is -3.84. The normalized spacial score (nSPS) is 15.5. The van der Waals surface area contributed by atoms with Crippen LogP contribution in [0.5, 0.6) is 5.75 Å². The van der Waals surface area contributed by atoms with E-state index in [1.54, 1.807) is 18.2 Å². The molecule has 6 nitrogen and oxygen atoms in total. The first-order valence-electron chi connectivity index (χ1n) is 10.4. The average molecular weight is 458 g/mol. The van der Waals surface area contributed by atoms with E-state index in [1.165, 1.54) is 11.8 Å². The van der Waals surface area contributed by atoms with Crippen molar-refractivity contribution in [3.05, 3.63) is 94.4 Å². The van der Waals surface area contributed by atoms with Crippen molar-refractivity contribution in [3.63, 3.8) is 0 Å². The van der Waals surface area contributed by atoms with E-state index in [0.717, 1.165) is 28.1 Å². The van der Waals surface area contributed by atoms with Crippen LogP contribution in [0.15, 0.2) is 82.7 Å². The minimum atomic E-state index is -0.245. The van der Waals surface area contributed by atoms with Gasteiger partial charge < -0.3 is 15.4 Å². The summed E-state index contributed by atoms with van der Waals surface area (Å²) in [6.45, 7) is 3.89. The van der Waals surface area contributed by atoms with Crippen LogP contribution in [0.4, 0.5) is 11.4 Å². The number of amidine groups is 1. The number of ether oxygens (including phenoxy) is 1. The third-order valence-electron chi connectivity index (χ3n) is 4.78. The Labute approximate surface area is 196 Å². The maximum Gasteiger partial charge on any atom is 0.264 e. The fourth-order valence-corrected chi connectivity index (χ4v) is 3.89. The molecule has 2 N–H and O–H groups in total. The van der Waals surface area contributed by atoms with Crippen molar-refractivity contribution in [3.8, 4) is 5.75 Å². The van der Waals surface area contributed by atoms with Crippen molar-refractivity contribution < 1.29 is 14.3 Å². The van der Waals surface area contributed by atoms with E-state index in [9.17, 15) is 9.59 Å². The van der Waals surface area contributed by atoms with Crippen LogP contribution in [0.2, 0.25) is 0 Å². The van der Waals surface area contributed by atoms with E-state index in [-0.39, 0.29) is 18.4 Å². The van der Waals surface area contributed by atoms with Gasteiger partial charge in [-0.2, -0.15) is 0 Å². The van der Waals surface area contributed by atoms with E-state index in [1.807, 2.05) is 74.5 Å². The SMILES string of the molecule is Cc1ccc(N=C2NC(=O)/C(=C/c3cccc(OCC(=O)Nc4ccc(C)cc4)c3)S2)cc1. The van der Waals surface area contributed by atoms with E-state index >= 15 is 0 Å². The Kier molecular flexibility index (Phi) is 6.90. The molecule has 1 aliphatic rings. The van der Waals surface area contributed by atoms with Crippen LogP contribution in [0.1, 0.15) is 16.7 Å². The molecule has 0 atom stereocenters. The monoisotopic (exact) mass is 457 g/mol. The van der Waals surface area contributed by atoms with E-state index in [4.69, 9.17) is 4.74 Å². The Morgan fingerprint density at radius 1 is 1.03 bits per heavy atom. The van der Waals surface area contributed by atoms with Gasteiger partial charge in [0.2, 0.25) is 0 Å². The molecule has 166 valence electrons. The van der Waals surface area contributed by atoms with Crippen LogP contribution in [0, 0.1) is 13.8 Å². The second kappa shape index (κ2) is 10.2. The minimum Gasteiger partial charge on any atom is -0.484 e. The van der Waals surface area contributed by atoms with Crippen molar-refractivity contribution in [2.24, 2.45) is 4.99 Å². The largest absolute Gasteiger partial charge is 0.484 e. The number of carbonyl (C=O) groups is 2. The molecule has 0 aromatic heterocycles. The van der Waals surface area contributed by atoms with Crippen LogP contribution >= 0.6 is 11.8 Å². The van der Waals surface area contributed by atoms with Gasteiger partial charge in [-0.1, -0.05) is 47.5 Å². The molecule has 2 amide bonds. The van der Waals surface area contributed by atoms with Gasteiger partial charge in [-0.3, -0.25) is 9.59 Å². The van der Waals surface area contributed by atoms with Crippen molar-refractivity contribution in [2.75, 3.05) is 11.9 Å². The van der Waals surface area contributed by atoms with Gasteiger partial charge >= 0.3 is 0 Å². The molecule has 0 aliphatic carbocycles. The number of benzene rings is 3. The second-order valence-corrected chi connectivity index (χ2v) is 8.62. The lowest BCUT2D eigenvalue weighted by Gasteiger charge is -2.08. The Bertz CT molecular complexity index is 1230. The van der Waals surface area contributed by atoms with Gasteiger partial charge in [-0.25, -0.2) is 4.99 Å². The van der Waals surface area contributed by atoms with Crippen LogP contribution in [-0.4, -0.2) is 23.6 Å². The minimum absolute atomic E-state index is 0.115. The second-order valence-electron chi connectivity index (χ2n) is 7.59. The molecule has 0 spiro atoms. The first-order valence-corrected chi connectivity index (χ1v) is 11.2. The zero-order chi connectivity index (χ0) is 23.2. The molecule has 3 aromatic carbocycles. The van der Waals surface area contributed by atoms with Gasteiger partial charge in [0.25, 0.3) is 11.8 Å². The zero-order valence-corrected chi connectivity index (χ0v) is 19.1. The highest BCUT2D eigenvalue weighted by Crippen LogP contribution is 2.29. The lowest BCUT2D eigenvalue weighted by atomic mass is 10.2. The smallest absolute Gasteiger partial charge is 0.264 e. The molecule has 1 fully saturated rings. The number of nitrogens with one attached hydrogen (secondary N) is 2. The molecule has 7 heteroatoms. The topological polar surface area (TPSA) is 79.8 Å². The molecule has 4 rings (SSSR count). The van der Waals surface area contributed by atoms with Crippen molar-refractivity contribution in [1.82, 2.24) is 5.32 Å². The van der Waals surface area contributed by atoms with Crippen LogP contribution in [0.3, 0.4) is 0 Å². The number of anilines is 1. The number of aryl methyl sites for hydroxylation is 2. The molecule has 1 aliphatic heterocycles. The highest BCUT2D eigenvalue weighted by atomic mass is 32.2. The molecule has 1 saturated heterocycles. The van der Waals surface area contributed by atoms with Crippen LogP contribution < -0.4 is 15.4 Å². The van der Waals surface area contributed by atoms with Crippen molar-refractivity contribution in [1.29, 1.82) is 0 Å². The molecular weight excluding hydrogens is 434 g/mol. The summed E-state index contributed by atoms with van der Waals surface area (Å²) in [4.78, 5) is 29.5. The number of thioether (sulfide) groups is 1. The fraction of sp³-hybridized carbons (Fsp3) is 0.115. The predicted molar refractivity (Wildman–Crippen MR) is 134 cm³/mol. The predicted octanol–water partition coefficient (Wildman–Crippen LogP) is 5.21. The van der Waals surface area contributed by atoms with Gasteiger partial charge in [0, 0.05) is 5.69 Å². The third-order valence-corrected chi connectivity index (χ3v) is 5.69. The summed E-state index contributed by atoms with van der Waals surface area (Å²) in [6.07, 6.45) is 1.77. The van der Waals surface area contributed by atoms with E-state index in [2.05, 4.69) is 15.6 Å². The van der Waals surface area contributed by atoms with Gasteiger partial charge in [0.05, 0.1) is 10.6 Å². The molecular formula is C26H23N3O3S. The van der Waals surface area contributed by atoms with Gasteiger partial charge in [-0.05, 0) is 73.6 Å².